The summed E-state index contributed by atoms with van der Waals surface area (Å²) in [5, 5.41) is 39.1. The summed E-state index contributed by atoms with van der Waals surface area (Å²) < 4.78 is 11.1. The highest BCUT2D eigenvalue weighted by atomic mass is 16.5. The van der Waals surface area contributed by atoms with Gasteiger partial charge >= 0.3 is 0 Å². The minimum atomic E-state index is -1.22. The van der Waals surface area contributed by atoms with Crippen molar-refractivity contribution in [1.29, 1.82) is 0 Å². The fourth-order valence-corrected chi connectivity index (χ4v) is 3.44. The molecule has 7 nitrogen and oxygen atoms in total. The third kappa shape index (κ3) is 4.49. The molecule has 0 bridgehead atoms. The molecule has 0 aliphatic carbocycles. The minimum absolute atomic E-state index is 0.124. The molecule has 5 atom stereocenters. The van der Waals surface area contributed by atoms with Gasteiger partial charge in [-0.15, -0.1) is 0 Å². The van der Waals surface area contributed by atoms with E-state index in [1.807, 2.05) is 29.2 Å². The lowest BCUT2D eigenvalue weighted by molar-refractivity contribution is -0.144. The molecular formula is C18H27NO6. The SMILES string of the molecule is OC[C@H]1[C@@H](O)[C@H](O)[C@@H](O)CN1CCc1ccc(OC2CCOC2)cc1. The van der Waals surface area contributed by atoms with Gasteiger partial charge in [0.05, 0.1) is 32.0 Å². The van der Waals surface area contributed by atoms with Crippen LogP contribution < -0.4 is 4.74 Å². The molecule has 140 valence electrons. The van der Waals surface area contributed by atoms with E-state index < -0.39 is 24.4 Å². The van der Waals surface area contributed by atoms with Crippen LogP contribution in [0, 0.1) is 0 Å². The Bertz CT molecular complexity index is 533. The summed E-state index contributed by atoms with van der Waals surface area (Å²) in [6, 6.07) is 7.28. The topological polar surface area (TPSA) is 103 Å². The largest absolute Gasteiger partial charge is 0.488 e. The molecule has 4 N–H and O–H groups in total. The first-order valence-electron chi connectivity index (χ1n) is 8.81. The highest BCUT2D eigenvalue weighted by Gasteiger charge is 2.40. The molecule has 1 aromatic carbocycles. The van der Waals surface area contributed by atoms with Crippen LogP contribution in [0.1, 0.15) is 12.0 Å². The van der Waals surface area contributed by atoms with Gasteiger partial charge in [-0.1, -0.05) is 12.1 Å². The first-order chi connectivity index (χ1) is 12.1. The lowest BCUT2D eigenvalue weighted by Gasteiger charge is -2.43. The van der Waals surface area contributed by atoms with Gasteiger partial charge in [-0.25, -0.2) is 0 Å². The molecule has 0 radical (unpaired) electrons. The number of aliphatic hydroxyl groups is 4. The molecule has 2 aliphatic heterocycles. The van der Waals surface area contributed by atoms with Crippen molar-refractivity contribution in [1.82, 2.24) is 4.90 Å². The minimum Gasteiger partial charge on any atom is -0.488 e. The zero-order chi connectivity index (χ0) is 17.8. The van der Waals surface area contributed by atoms with Crippen LogP contribution in [0.25, 0.3) is 0 Å². The molecule has 7 heteroatoms. The van der Waals surface area contributed by atoms with Crippen molar-refractivity contribution < 1.29 is 29.9 Å². The van der Waals surface area contributed by atoms with Gasteiger partial charge in [0.25, 0.3) is 0 Å². The Kier molecular flexibility index (Phi) is 6.27. The summed E-state index contributed by atoms with van der Waals surface area (Å²) in [6.45, 7) is 1.92. The molecule has 1 unspecified atom stereocenters. The van der Waals surface area contributed by atoms with E-state index in [-0.39, 0.29) is 19.3 Å². The molecule has 0 amide bonds. The number of likely N-dealkylation sites (tertiary alicyclic amines) is 1. The fourth-order valence-electron chi connectivity index (χ4n) is 3.44. The molecule has 2 heterocycles. The highest BCUT2D eigenvalue weighted by Crippen LogP contribution is 2.21. The molecule has 3 rings (SSSR count). The van der Waals surface area contributed by atoms with Crippen LogP contribution in [-0.4, -0.2) is 88.7 Å². The molecule has 0 spiro atoms. The smallest absolute Gasteiger partial charge is 0.124 e. The molecule has 0 saturated carbocycles. The normalized spacial score (nSPS) is 33.5. The van der Waals surface area contributed by atoms with E-state index in [2.05, 4.69) is 0 Å². The van der Waals surface area contributed by atoms with E-state index in [1.54, 1.807) is 0 Å². The van der Waals surface area contributed by atoms with E-state index in [0.717, 1.165) is 24.3 Å². The molecular weight excluding hydrogens is 326 g/mol. The third-order valence-electron chi connectivity index (χ3n) is 5.02. The zero-order valence-electron chi connectivity index (χ0n) is 14.2. The molecule has 25 heavy (non-hydrogen) atoms. The Morgan fingerprint density at radius 3 is 2.52 bits per heavy atom. The van der Waals surface area contributed by atoms with Crippen molar-refractivity contribution >= 4 is 0 Å². The molecule has 2 fully saturated rings. The van der Waals surface area contributed by atoms with Gasteiger partial charge in [0.2, 0.25) is 0 Å². The Morgan fingerprint density at radius 2 is 1.88 bits per heavy atom. The van der Waals surface area contributed by atoms with Crippen LogP contribution in [0.15, 0.2) is 24.3 Å². The number of hydrogen-bond donors (Lipinski definition) is 4. The van der Waals surface area contributed by atoms with Crippen LogP contribution in [0.4, 0.5) is 0 Å². The Labute approximate surface area is 147 Å². The second kappa shape index (κ2) is 8.44. The second-order valence-corrected chi connectivity index (χ2v) is 6.79. The summed E-state index contributed by atoms with van der Waals surface area (Å²) in [4.78, 5) is 1.82. The summed E-state index contributed by atoms with van der Waals surface area (Å²) in [5.41, 5.74) is 1.10. The van der Waals surface area contributed by atoms with Gasteiger partial charge < -0.3 is 29.9 Å². The van der Waals surface area contributed by atoms with E-state index in [4.69, 9.17) is 9.47 Å². The second-order valence-electron chi connectivity index (χ2n) is 6.79. The van der Waals surface area contributed by atoms with Crippen molar-refractivity contribution in [2.24, 2.45) is 0 Å². The lowest BCUT2D eigenvalue weighted by Crippen LogP contribution is -2.62. The number of nitrogens with zero attached hydrogens (tertiary/aromatic N) is 1. The first-order valence-corrected chi connectivity index (χ1v) is 8.81. The number of piperidine rings is 1. The van der Waals surface area contributed by atoms with Crippen molar-refractivity contribution in [3.05, 3.63) is 29.8 Å². The number of hydrogen-bond acceptors (Lipinski definition) is 7. The molecule has 2 saturated heterocycles. The summed E-state index contributed by atoms with van der Waals surface area (Å²) in [7, 11) is 0. The zero-order valence-corrected chi connectivity index (χ0v) is 14.2. The van der Waals surface area contributed by atoms with Gasteiger partial charge in [-0.2, -0.15) is 0 Å². The average Bonchev–Trinajstić information content (AvgIpc) is 3.12. The van der Waals surface area contributed by atoms with Gasteiger partial charge in [-0.05, 0) is 24.1 Å². The van der Waals surface area contributed by atoms with Crippen molar-refractivity contribution in [3.63, 3.8) is 0 Å². The summed E-state index contributed by atoms with van der Waals surface area (Å²) in [6.07, 6.45) is -1.64. The third-order valence-corrected chi connectivity index (χ3v) is 5.02. The number of aliphatic hydroxyl groups excluding tert-OH is 4. The van der Waals surface area contributed by atoms with E-state index in [9.17, 15) is 20.4 Å². The summed E-state index contributed by atoms with van der Waals surface area (Å²) >= 11 is 0. The first kappa shape index (κ1) is 18.6. The van der Waals surface area contributed by atoms with Crippen molar-refractivity contribution in [2.75, 3.05) is 32.9 Å². The van der Waals surface area contributed by atoms with E-state index >= 15 is 0 Å². The standard InChI is InChI=1S/C18H27NO6/c20-10-15-17(22)18(23)16(21)9-19(15)7-5-12-1-3-13(4-2-12)25-14-6-8-24-11-14/h1-4,14-18,20-23H,5-11H2/t14?,15-,16-,17+,18+/m0/s1. The van der Waals surface area contributed by atoms with Gasteiger partial charge in [0.15, 0.2) is 0 Å². The quantitative estimate of drug-likeness (QED) is 0.529. The van der Waals surface area contributed by atoms with Gasteiger partial charge in [0, 0.05) is 19.5 Å². The predicted molar refractivity (Wildman–Crippen MR) is 90.5 cm³/mol. The van der Waals surface area contributed by atoms with Crippen molar-refractivity contribution in [2.45, 2.75) is 43.3 Å². The fraction of sp³-hybridized carbons (Fsp3) is 0.667. The van der Waals surface area contributed by atoms with Crippen LogP contribution in [0.3, 0.4) is 0 Å². The maximum absolute atomic E-state index is 10.0. The maximum atomic E-state index is 10.0. The van der Waals surface area contributed by atoms with Gasteiger partial charge in [-0.3, -0.25) is 4.90 Å². The predicted octanol–water partition coefficient (Wildman–Crippen LogP) is -0.844. The number of ether oxygens (including phenoxy) is 2. The molecule has 1 aromatic rings. The highest BCUT2D eigenvalue weighted by molar-refractivity contribution is 5.27. The van der Waals surface area contributed by atoms with E-state index in [0.29, 0.717) is 19.6 Å². The number of benzene rings is 1. The van der Waals surface area contributed by atoms with Crippen LogP contribution >= 0.6 is 0 Å². The summed E-state index contributed by atoms with van der Waals surface area (Å²) in [5.74, 6) is 0.819. The Hall–Kier alpha value is -1.22. The van der Waals surface area contributed by atoms with Crippen LogP contribution in [0.5, 0.6) is 5.75 Å². The van der Waals surface area contributed by atoms with Crippen LogP contribution in [-0.2, 0) is 11.2 Å². The molecule has 0 aromatic heterocycles. The van der Waals surface area contributed by atoms with E-state index in [1.165, 1.54) is 0 Å². The Balaban J connectivity index is 1.53. The maximum Gasteiger partial charge on any atom is 0.124 e. The van der Waals surface area contributed by atoms with Crippen molar-refractivity contribution in [3.8, 4) is 5.75 Å². The monoisotopic (exact) mass is 353 g/mol. The van der Waals surface area contributed by atoms with Crippen LogP contribution in [0.2, 0.25) is 0 Å². The van der Waals surface area contributed by atoms with Gasteiger partial charge in [0.1, 0.15) is 24.1 Å². The Morgan fingerprint density at radius 1 is 1.12 bits per heavy atom. The molecule has 2 aliphatic rings. The number of rotatable bonds is 6. The number of β-amino-alcohol motifs (C(OH)–C–C–N with tert-alkyl or cyclic N) is 1. The average molecular weight is 353 g/mol. The lowest BCUT2D eigenvalue weighted by atomic mass is 9.94.